The van der Waals surface area contributed by atoms with E-state index in [1.165, 1.54) is 5.56 Å². The van der Waals surface area contributed by atoms with Gasteiger partial charge in [-0.15, -0.1) is 5.10 Å². The third kappa shape index (κ3) is 3.79. The summed E-state index contributed by atoms with van der Waals surface area (Å²) >= 11 is 0. The van der Waals surface area contributed by atoms with Gasteiger partial charge in [0.25, 0.3) is 0 Å². The van der Waals surface area contributed by atoms with E-state index < -0.39 is 0 Å². The van der Waals surface area contributed by atoms with Crippen molar-refractivity contribution in [2.45, 2.75) is 13.3 Å². The van der Waals surface area contributed by atoms with Gasteiger partial charge in [0.1, 0.15) is 6.33 Å². The quantitative estimate of drug-likeness (QED) is 0.708. The number of hydrogen-bond donors (Lipinski definition) is 1. The molecular formula is C19H24N8O. The molecule has 28 heavy (non-hydrogen) atoms. The smallest absolute Gasteiger partial charge is 0.238 e. The molecule has 1 aromatic carbocycles. The Labute approximate surface area is 163 Å². The Hall–Kier alpha value is -3.07. The summed E-state index contributed by atoms with van der Waals surface area (Å²) in [4.78, 5) is 25.3. The second-order valence-electron chi connectivity index (χ2n) is 6.94. The molecule has 3 aromatic rings. The van der Waals surface area contributed by atoms with Gasteiger partial charge in [-0.2, -0.15) is 0 Å². The number of aromatic nitrogens is 5. The number of amides is 1. The molecule has 146 valence electrons. The summed E-state index contributed by atoms with van der Waals surface area (Å²) in [5.41, 5.74) is 3.54. The molecule has 0 atom stereocenters. The monoisotopic (exact) mass is 380 g/mol. The number of aryl methyl sites for hydroxylation is 2. The van der Waals surface area contributed by atoms with Gasteiger partial charge >= 0.3 is 0 Å². The number of hydrogen-bond acceptors (Lipinski definition) is 7. The molecule has 1 aliphatic rings. The number of nitrogens with zero attached hydrogens (tertiary/aromatic N) is 7. The number of benzene rings is 1. The van der Waals surface area contributed by atoms with Gasteiger partial charge in [-0.05, 0) is 24.1 Å². The minimum Gasteiger partial charge on any atom is -0.352 e. The maximum absolute atomic E-state index is 12.4. The predicted molar refractivity (Wildman–Crippen MR) is 107 cm³/mol. The lowest BCUT2D eigenvalue weighted by Crippen LogP contribution is -2.49. The van der Waals surface area contributed by atoms with E-state index in [1.54, 1.807) is 11.0 Å². The van der Waals surface area contributed by atoms with E-state index in [0.29, 0.717) is 12.1 Å². The molecule has 9 heteroatoms. The van der Waals surface area contributed by atoms with Gasteiger partial charge in [0, 0.05) is 38.9 Å². The molecule has 0 aliphatic carbocycles. The van der Waals surface area contributed by atoms with Crippen molar-refractivity contribution in [3.8, 4) is 0 Å². The zero-order valence-corrected chi connectivity index (χ0v) is 16.2. The first-order valence-corrected chi connectivity index (χ1v) is 9.50. The number of carbonyl (C=O) groups is 1. The third-order valence-electron chi connectivity index (χ3n) is 5.05. The fourth-order valence-corrected chi connectivity index (χ4v) is 3.42. The van der Waals surface area contributed by atoms with Gasteiger partial charge in [0.15, 0.2) is 17.0 Å². The first-order valence-electron chi connectivity index (χ1n) is 9.50. The van der Waals surface area contributed by atoms with Gasteiger partial charge in [-0.3, -0.25) is 9.69 Å². The molecule has 0 radical (unpaired) electrons. The Balaban J connectivity index is 1.33. The zero-order valence-electron chi connectivity index (χ0n) is 16.2. The SMILES string of the molecule is CCc1ccc(NC(=O)CN2CCN(c3ncnc4c3nnn4C)CC2)cc1. The normalized spacial score (nSPS) is 15.1. The lowest BCUT2D eigenvalue weighted by molar-refractivity contribution is -0.117. The van der Waals surface area contributed by atoms with Crippen molar-refractivity contribution in [3.05, 3.63) is 36.2 Å². The number of rotatable bonds is 5. The predicted octanol–water partition coefficient (Wildman–Crippen LogP) is 1.08. The minimum absolute atomic E-state index is 0.0102. The molecular weight excluding hydrogens is 356 g/mol. The van der Waals surface area contributed by atoms with Crippen molar-refractivity contribution in [2.24, 2.45) is 7.05 Å². The van der Waals surface area contributed by atoms with Crippen molar-refractivity contribution in [3.63, 3.8) is 0 Å². The van der Waals surface area contributed by atoms with Crippen LogP contribution in [-0.4, -0.2) is 68.5 Å². The highest BCUT2D eigenvalue weighted by Gasteiger charge is 2.23. The van der Waals surface area contributed by atoms with Gasteiger partial charge in [0.2, 0.25) is 5.91 Å². The van der Waals surface area contributed by atoms with Crippen molar-refractivity contribution >= 4 is 28.6 Å². The molecule has 1 N–H and O–H groups in total. The highest BCUT2D eigenvalue weighted by molar-refractivity contribution is 5.92. The Morgan fingerprint density at radius 3 is 2.57 bits per heavy atom. The lowest BCUT2D eigenvalue weighted by atomic mass is 10.1. The number of piperazine rings is 1. The highest BCUT2D eigenvalue weighted by atomic mass is 16.2. The first-order chi connectivity index (χ1) is 13.6. The summed E-state index contributed by atoms with van der Waals surface area (Å²) in [6, 6.07) is 8.00. The van der Waals surface area contributed by atoms with E-state index in [1.807, 2.05) is 31.3 Å². The summed E-state index contributed by atoms with van der Waals surface area (Å²) in [5, 5.41) is 11.2. The average Bonchev–Trinajstić information content (AvgIpc) is 3.10. The van der Waals surface area contributed by atoms with E-state index in [-0.39, 0.29) is 5.91 Å². The molecule has 4 rings (SSSR count). The summed E-state index contributed by atoms with van der Waals surface area (Å²) in [6.07, 6.45) is 2.54. The second kappa shape index (κ2) is 7.89. The number of anilines is 2. The summed E-state index contributed by atoms with van der Waals surface area (Å²) in [7, 11) is 1.82. The first kappa shape index (κ1) is 18.3. The summed E-state index contributed by atoms with van der Waals surface area (Å²) in [6.45, 7) is 5.63. The van der Waals surface area contributed by atoms with Crippen LogP contribution in [-0.2, 0) is 18.3 Å². The van der Waals surface area contributed by atoms with Crippen LogP contribution in [0.3, 0.4) is 0 Å². The Morgan fingerprint density at radius 1 is 1.11 bits per heavy atom. The van der Waals surface area contributed by atoms with E-state index >= 15 is 0 Å². The molecule has 0 unspecified atom stereocenters. The van der Waals surface area contributed by atoms with Crippen molar-refractivity contribution in [2.75, 3.05) is 42.9 Å². The summed E-state index contributed by atoms with van der Waals surface area (Å²) < 4.78 is 1.65. The van der Waals surface area contributed by atoms with Crippen molar-refractivity contribution in [1.29, 1.82) is 0 Å². The molecule has 1 saturated heterocycles. The van der Waals surface area contributed by atoms with Crippen molar-refractivity contribution < 1.29 is 4.79 Å². The summed E-state index contributed by atoms with van der Waals surface area (Å²) in [5.74, 6) is 0.814. The van der Waals surface area contributed by atoms with Crippen LogP contribution in [0.2, 0.25) is 0 Å². The van der Waals surface area contributed by atoms with Crippen LogP contribution in [0.4, 0.5) is 11.5 Å². The molecule has 0 bridgehead atoms. The average molecular weight is 380 g/mol. The molecule has 1 aliphatic heterocycles. The zero-order chi connectivity index (χ0) is 19.5. The van der Waals surface area contributed by atoms with Crippen LogP contribution < -0.4 is 10.2 Å². The molecule has 3 heterocycles. The molecule has 9 nitrogen and oxygen atoms in total. The number of fused-ring (bicyclic) bond motifs is 1. The minimum atomic E-state index is 0.0102. The van der Waals surface area contributed by atoms with Crippen LogP contribution in [0.15, 0.2) is 30.6 Å². The molecule has 0 spiro atoms. The largest absolute Gasteiger partial charge is 0.352 e. The van der Waals surface area contributed by atoms with Crippen LogP contribution in [0.1, 0.15) is 12.5 Å². The fourth-order valence-electron chi connectivity index (χ4n) is 3.42. The highest BCUT2D eigenvalue weighted by Crippen LogP contribution is 2.21. The van der Waals surface area contributed by atoms with Gasteiger partial charge in [-0.1, -0.05) is 24.3 Å². The standard InChI is InChI=1S/C19H24N8O/c1-3-14-4-6-15(7-5-14)22-16(28)12-26-8-10-27(11-9-26)19-17-18(20-13-21-19)25(2)24-23-17/h4-7,13H,3,8-12H2,1-2H3,(H,22,28). The van der Waals surface area contributed by atoms with Gasteiger partial charge in [-0.25, -0.2) is 14.6 Å². The van der Waals surface area contributed by atoms with E-state index in [0.717, 1.165) is 49.8 Å². The number of nitrogens with one attached hydrogen (secondary N) is 1. The number of carbonyl (C=O) groups excluding carboxylic acids is 1. The van der Waals surface area contributed by atoms with E-state index in [2.05, 4.69) is 42.3 Å². The van der Waals surface area contributed by atoms with Gasteiger partial charge in [0.05, 0.1) is 6.54 Å². The topological polar surface area (TPSA) is 92.1 Å². The molecule has 2 aromatic heterocycles. The maximum atomic E-state index is 12.4. The lowest BCUT2D eigenvalue weighted by Gasteiger charge is -2.34. The van der Waals surface area contributed by atoms with Gasteiger partial charge < -0.3 is 10.2 Å². The Kier molecular flexibility index (Phi) is 5.16. The molecule has 1 amide bonds. The van der Waals surface area contributed by atoms with E-state index in [4.69, 9.17) is 0 Å². The second-order valence-corrected chi connectivity index (χ2v) is 6.94. The Morgan fingerprint density at radius 2 is 1.86 bits per heavy atom. The van der Waals surface area contributed by atoms with Crippen LogP contribution in [0.5, 0.6) is 0 Å². The van der Waals surface area contributed by atoms with Crippen molar-refractivity contribution in [1.82, 2.24) is 29.9 Å². The van der Waals surface area contributed by atoms with Crippen LogP contribution >= 0.6 is 0 Å². The van der Waals surface area contributed by atoms with Crippen LogP contribution in [0.25, 0.3) is 11.2 Å². The third-order valence-corrected chi connectivity index (χ3v) is 5.05. The van der Waals surface area contributed by atoms with Crippen LogP contribution in [0, 0.1) is 0 Å². The Bertz CT molecular complexity index is 960. The van der Waals surface area contributed by atoms with E-state index in [9.17, 15) is 4.79 Å². The fraction of sp³-hybridized carbons (Fsp3) is 0.421. The molecule has 0 saturated carbocycles. The molecule has 1 fully saturated rings. The maximum Gasteiger partial charge on any atom is 0.238 e.